The lowest BCUT2D eigenvalue weighted by molar-refractivity contribution is -0.123. The Kier molecular flexibility index (Phi) is 7.15. The summed E-state index contributed by atoms with van der Waals surface area (Å²) in [7, 11) is -3.61. The molecular formula is C25H25ClN4O3S3. The van der Waals surface area contributed by atoms with Crippen molar-refractivity contribution in [3.63, 3.8) is 0 Å². The number of halogens is 1. The number of fused-ring (bicyclic) bond motifs is 1. The average Bonchev–Trinajstić information content (AvgIpc) is 3.53. The zero-order valence-corrected chi connectivity index (χ0v) is 23.1. The number of pyridine rings is 1. The van der Waals surface area contributed by atoms with Crippen LogP contribution in [0, 0.1) is 19.8 Å². The molecule has 5 rings (SSSR count). The summed E-state index contributed by atoms with van der Waals surface area (Å²) in [6.45, 7) is 5.03. The van der Waals surface area contributed by atoms with Gasteiger partial charge in [-0.25, -0.2) is 13.4 Å². The Bertz CT molecular complexity index is 1470. The second-order valence-electron chi connectivity index (χ2n) is 8.89. The molecule has 0 atom stereocenters. The van der Waals surface area contributed by atoms with Gasteiger partial charge in [-0.2, -0.15) is 4.31 Å². The number of thiazole rings is 1. The zero-order valence-electron chi connectivity index (χ0n) is 19.8. The minimum atomic E-state index is -3.61. The highest BCUT2D eigenvalue weighted by Gasteiger charge is 2.35. The quantitative estimate of drug-likeness (QED) is 0.304. The van der Waals surface area contributed by atoms with Crippen molar-refractivity contribution in [2.45, 2.75) is 37.4 Å². The van der Waals surface area contributed by atoms with Gasteiger partial charge in [0.1, 0.15) is 4.21 Å². The van der Waals surface area contributed by atoms with Crippen molar-refractivity contribution in [1.29, 1.82) is 0 Å². The molecule has 1 amide bonds. The van der Waals surface area contributed by atoms with E-state index in [0.717, 1.165) is 38.2 Å². The van der Waals surface area contributed by atoms with E-state index in [2.05, 4.69) is 18.0 Å². The van der Waals surface area contributed by atoms with Crippen molar-refractivity contribution in [3.8, 4) is 0 Å². The molecule has 0 aliphatic carbocycles. The van der Waals surface area contributed by atoms with Crippen LogP contribution in [0.4, 0.5) is 5.13 Å². The van der Waals surface area contributed by atoms with E-state index in [4.69, 9.17) is 16.6 Å². The van der Waals surface area contributed by atoms with Crippen LogP contribution in [0.25, 0.3) is 10.2 Å². The van der Waals surface area contributed by atoms with E-state index >= 15 is 0 Å². The maximum absolute atomic E-state index is 13.9. The number of aryl methyl sites for hydroxylation is 2. The van der Waals surface area contributed by atoms with E-state index in [-0.39, 0.29) is 29.1 Å². The number of carbonyl (C=O) groups excluding carboxylic acids is 1. The largest absolute Gasteiger partial charge is 0.283 e. The van der Waals surface area contributed by atoms with Crippen molar-refractivity contribution in [2.75, 3.05) is 18.0 Å². The Hall–Kier alpha value is -2.37. The Morgan fingerprint density at radius 3 is 2.39 bits per heavy atom. The first-order valence-corrected chi connectivity index (χ1v) is 15.0. The van der Waals surface area contributed by atoms with Crippen molar-refractivity contribution in [3.05, 3.63) is 69.8 Å². The number of rotatable bonds is 6. The van der Waals surface area contributed by atoms with Gasteiger partial charge in [-0.05, 0) is 67.6 Å². The first-order valence-electron chi connectivity index (χ1n) is 11.6. The molecule has 1 aliphatic rings. The first kappa shape index (κ1) is 25.3. The van der Waals surface area contributed by atoms with Crippen LogP contribution in [-0.2, 0) is 21.4 Å². The Labute approximate surface area is 223 Å². The summed E-state index contributed by atoms with van der Waals surface area (Å²) >= 11 is 8.53. The average molecular weight is 561 g/mol. The second-order valence-corrected chi connectivity index (χ2v) is 13.7. The maximum atomic E-state index is 13.9. The van der Waals surface area contributed by atoms with Crippen molar-refractivity contribution >= 4 is 65.6 Å². The molecule has 36 heavy (non-hydrogen) atoms. The third-order valence-corrected chi connectivity index (χ3v) is 11.3. The summed E-state index contributed by atoms with van der Waals surface area (Å²) in [5.41, 5.74) is 4.07. The number of hydrogen-bond acceptors (Lipinski definition) is 7. The minimum absolute atomic E-state index is 0.0302. The van der Waals surface area contributed by atoms with Crippen LogP contribution in [0.2, 0.25) is 4.34 Å². The molecule has 0 bridgehead atoms. The zero-order chi connectivity index (χ0) is 25.4. The van der Waals surface area contributed by atoms with Crippen LogP contribution in [0.15, 0.2) is 53.0 Å². The van der Waals surface area contributed by atoms with E-state index in [1.165, 1.54) is 21.7 Å². The van der Waals surface area contributed by atoms with Crippen LogP contribution in [0.3, 0.4) is 0 Å². The molecule has 188 valence electrons. The minimum Gasteiger partial charge on any atom is -0.283 e. The van der Waals surface area contributed by atoms with Gasteiger partial charge in [-0.15, -0.1) is 11.3 Å². The second kappa shape index (κ2) is 10.2. The molecular weight excluding hydrogens is 536 g/mol. The summed E-state index contributed by atoms with van der Waals surface area (Å²) in [6, 6.07) is 11.0. The van der Waals surface area contributed by atoms with Gasteiger partial charge in [0.15, 0.2) is 5.13 Å². The molecule has 4 aromatic rings. The van der Waals surface area contributed by atoms with Crippen molar-refractivity contribution in [1.82, 2.24) is 14.3 Å². The summed E-state index contributed by atoms with van der Waals surface area (Å²) < 4.78 is 29.2. The molecule has 1 aromatic carbocycles. The first-order chi connectivity index (χ1) is 17.2. The van der Waals surface area contributed by atoms with E-state index in [0.29, 0.717) is 28.9 Å². The number of sulfonamides is 1. The van der Waals surface area contributed by atoms with Crippen LogP contribution >= 0.6 is 34.3 Å². The molecule has 0 saturated carbocycles. The molecule has 0 unspecified atom stereocenters. The van der Waals surface area contributed by atoms with Gasteiger partial charge in [-0.3, -0.25) is 14.7 Å². The number of hydrogen-bond donors (Lipinski definition) is 0. The highest BCUT2D eigenvalue weighted by Crippen LogP contribution is 2.36. The molecule has 0 radical (unpaired) electrons. The number of carbonyl (C=O) groups is 1. The highest BCUT2D eigenvalue weighted by atomic mass is 35.5. The van der Waals surface area contributed by atoms with E-state index in [1.54, 1.807) is 23.4 Å². The lowest BCUT2D eigenvalue weighted by atomic mass is 9.96. The standard InChI is InChI=1S/C25H25ClN4O3S3/c1-16-3-4-17(2)23-22(16)28-25(35-23)30(15-18-7-11-27-12-8-18)24(31)19-9-13-29(14-10-19)36(32,33)21-6-5-20(26)34-21/h3-8,11-12,19H,9-10,13-15H2,1-2H3. The molecule has 7 nitrogen and oxygen atoms in total. The number of benzene rings is 1. The van der Waals surface area contributed by atoms with Crippen molar-refractivity contribution < 1.29 is 13.2 Å². The Morgan fingerprint density at radius 1 is 1.06 bits per heavy atom. The molecule has 3 aromatic heterocycles. The molecule has 0 N–H and O–H groups in total. The number of anilines is 1. The predicted molar refractivity (Wildman–Crippen MR) is 145 cm³/mol. The topological polar surface area (TPSA) is 83.5 Å². The van der Waals surface area contributed by atoms with Gasteiger partial charge in [-0.1, -0.05) is 35.1 Å². The van der Waals surface area contributed by atoms with Gasteiger partial charge in [0.25, 0.3) is 10.0 Å². The fourth-order valence-electron chi connectivity index (χ4n) is 4.40. The smallest absolute Gasteiger partial charge is 0.252 e. The number of amides is 1. The van der Waals surface area contributed by atoms with Crippen molar-refractivity contribution in [2.24, 2.45) is 5.92 Å². The fourth-order valence-corrected chi connectivity index (χ4v) is 8.62. The van der Waals surface area contributed by atoms with Gasteiger partial charge in [0.05, 0.1) is 21.1 Å². The Balaban J connectivity index is 1.40. The highest BCUT2D eigenvalue weighted by molar-refractivity contribution is 7.91. The predicted octanol–water partition coefficient (Wildman–Crippen LogP) is 5.66. The van der Waals surface area contributed by atoms with Crippen LogP contribution in [-0.4, -0.2) is 41.7 Å². The third kappa shape index (κ3) is 4.92. The molecule has 1 aliphatic heterocycles. The number of aromatic nitrogens is 2. The van der Waals surface area contributed by atoms with E-state index in [9.17, 15) is 13.2 Å². The normalized spacial score (nSPS) is 15.4. The SMILES string of the molecule is Cc1ccc(C)c2sc(N(Cc3ccncc3)C(=O)C3CCN(S(=O)(=O)c4ccc(Cl)s4)CC3)nc12. The molecule has 11 heteroatoms. The van der Waals surface area contributed by atoms with Gasteiger partial charge in [0.2, 0.25) is 5.91 Å². The van der Waals surface area contributed by atoms with Gasteiger partial charge < -0.3 is 0 Å². The Morgan fingerprint density at radius 2 is 1.75 bits per heavy atom. The monoisotopic (exact) mass is 560 g/mol. The summed E-state index contributed by atoms with van der Waals surface area (Å²) in [5.74, 6) is -0.322. The van der Waals surface area contributed by atoms with Gasteiger partial charge in [0, 0.05) is 31.4 Å². The fraction of sp³-hybridized carbons (Fsp3) is 0.320. The summed E-state index contributed by atoms with van der Waals surface area (Å²) in [5, 5.41) is 0.660. The molecule has 4 heterocycles. The van der Waals surface area contributed by atoms with Gasteiger partial charge >= 0.3 is 0 Å². The van der Waals surface area contributed by atoms with Crippen LogP contribution in [0.1, 0.15) is 29.5 Å². The number of nitrogens with zero attached hydrogens (tertiary/aromatic N) is 4. The molecule has 1 fully saturated rings. The third-order valence-electron chi connectivity index (χ3n) is 6.46. The summed E-state index contributed by atoms with van der Waals surface area (Å²) in [4.78, 5) is 24.6. The lowest BCUT2D eigenvalue weighted by Gasteiger charge is -2.32. The lowest BCUT2D eigenvalue weighted by Crippen LogP contribution is -2.44. The van der Waals surface area contributed by atoms with Crippen LogP contribution < -0.4 is 4.90 Å². The molecule has 1 saturated heterocycles. The summed E-state index contributed by atoms with van der Waals surface area (Å²) in [6.07, 6.45) is 4.33. The maximum Gasteiger partial charge on any atom is 0.252 e. The number of piperidine rings is 1. The number of thiophene rings is 1. The van der Waals surface area contributed by atoms with E-state index in [1.807, 2.05) is 25.1 Å². The van der Waals surface area contributed by atoms with Crippen LogP contribution in [0.5, 0.6) is 0 Å². The van der Waals surface area contributed by atoms with E-state index < -0.39 is 10.0 Å². The molecule has 0 spiro atoms.